The van der Waals surface area contributed by atoms with E-state index in [0.717, 1.165) is 25.7 Å². The third-order valence-corrected chi connectivity index (χ3v) is 5.34. The highest BCUT2D eigenvalue weighted by Crippen LogP contribution is 2.31. The van der Waals surface area contributed by atoms with Gasteiger partial charge in [0.25, 0.3) is 0 Å². The van der Waals surface area contributed by atoms with Gasteiger partial charge >= 0.3 is 0 Å². The van der Waals surface area contributed by atoms with E-state index in [4.69, 9.17) is 0 Å². The lowest BCUT2D eigenvalue weighted by Gasteiger charge is -2.29. The molecule has 1 saturated heterocycles. The molecule has 1 aromatic rings. The van der Waals surface area contributed by atoms with Crippen molar-refractivity contribution in [2.24, 2.45) is 11.8 Å². The Hall–Kier alpha value is -2.59. The van der Waals surface area contributed by atoms with Crippen molar-refractivity contribution in [1.29, 1.82) is 0 Å². The highest BCUT2D eigenvalue weighted by Gasteiger charge is 2.39. The Kier molecular flexibility index (Phi) is 6.88. The van der Waals surface area contributed by atoms with Crippen molar-refractivity contribution in [2.45, 2.75) is 44.6 Å². The van der Waals surface area contributed by atoms with Crippen LogP contribution in [0.25, 0.3) is 0 Å². The first-order valence-corrected chi connectivity index (χ1v) is 9.62. The van der Waals surface area contributed by atoms with E-state index in [-0.39, 0.29) is 18.4 Å². The van der Waals surface area contributed by atoms with Crippen LogP contribution in [0.4, 0.5) is 5.82 Å². The van der Waals surface area contributed by atoms with Crippen molar-refractivity contribution >= 4 is 24.0 Å². The van der Waals surface area contributed by atoms with Crippen LogP contribution in [-0.4, -0.2) is 62.6 Å². The Balaban J connectivity index is 1.68. The summed E-state index contributed by atoms with van der Waals surface area (Å²) < 4.78 is 0. The highest BCUT2D eigenvalue weighted by atomic mass is 16.5. The molecule has 1 aliphatic heterocycles. The summed E-state index contributed by atoms with van der Waals surface area (Å²) in [7, 11) is 0. The van der Waals surface area contributed by atoms with E-state index in [0.29, 0.717) is 42.6 Å². The molecule has 10 nitrogen and oxygen atoms in total. The molecular formula is C18H26N6O4. The van der Waals surface area contributed by atoms with Crippen LogP contribution in [0.1, 0.15) is 38.5 Å². The average molecular weight is 390 g/mol. The zero-order chi connectivity index (χ0) is 19.9. The maximum atomic E-state index is 13.2. The smallest absolute Gasteiger partial charge is 0.250 e. The topological polar surface area (TPSA) is 128 Å². The molecule has 152 valence electrons. The summed E-state index contributed by atoms with van der Waals surface area (Å²) in [5, 5.41) is 14.2. The molecule has 1 unspecified atom stereocenters. The van der Waals surface area contributed by atoms with E-state index in [9.17, 15) is 19.6 Å². The van der Waals surface area contributed by atoms with Crippen LogP contribution in [0.3, 0.4) is 0 Å². The maximum absolute atomic E-state index is 13.2. The van der Waals surface area contributed by atoms with E-state index < -0.39 is 12.0 Å². The number of rotatable bonds is 8. The molecule has 0 spiro atoms. The van der Waals surface area contributed by atoms with Crippen molar-refractivity contribution in [3.63, 3.8) is 0 Å². The first-order chi connectivity index (χ1) is 13.6. The Morgan fingerprint density at radius 1 is 1.36 bits per heavy atom. The van der Waals surface area contributed by atoms with Crippen LogP contribution in [0, 0.1) is 11.8 Å². The lowest BCUT2D eigenvalue weighted by molar-refractivity contribution is -0.159. The SMILES string of the molecule is O=CN(O)CC(CC1CCCC1)C(=O)N1NCC[C@H]1C(=O)Nc1cnccn1. The van der Waals surface area contributed by atoms with Gasteiger partial charge in [0.05, 0.1) is 18.7 Å². The van der Waals surface area contributed by atoms with Gasteiger partial charge in [-0.15, -0.1) is 0 Å². The molecule has 2 atom stereocenters. The standard InChI is InChI=1S/C18H26N6O4/c25-12-23(28)11-14(9-13-3-1-2-4-13)18(27)24-15(5-6-21-24)17(26)22-16-10-19-7-8-20-16/h7-8,10,12-15,21,28H,1-6,9,11H2,(H,20,22,26)/t14?,15-/m0/s1. The summed E-state index contributed by atoms with van der Waals surface area (Å²) in [6.45, 7) is 0.395. The lowest BCUT2D eigenvalue weighted by Crippen LogP contribution is -2.51. The Morgan fingerprint density at radius 3 is 2.82 bits per heavy atom. The normalized spacial score (nSPS) is 20.8. The van der Waals surface area contributed by atoms with Gasteiger partial charge in [-0.3, -0.25) is 29.6 Å². The first-order valence-electron chi connectivity index (χ1n) is 9.62. The molecule has 0 radical (unpaired) electrons. The van der Waals surface area contributed by atoms with Gasteiger partial charge in [-0.1, -0.05) is 25.7 Å². The summed E-state index contributed by atoms with van der Waals surface area (Å²) in [4.78, 5) is 44.6. The van der Waals surface area contributed by atoms with Gasteiger partial charge in [0.1, 0.15) is 6.04 Å². The Bertz CT molecular complexity index is 682. The highest BCUT2D eigenvalue weighted by molar-refractivity contribution is 5.97. The minimum Gasteiger partial charge on any atom is -0.308 e. The van der Waals surface area contributed by atoms with Crippen molar-refractivity contribution in [3.05, 3.63) is 18.6 Å². The molecule has 3 amide bonds. The van der Waals surface area contributed by atoms with Gasteiger partial charge in [0.15, 0.2) is 5.82 Å². The van der Waals surface area contributed by atoms with E-state index in [1.165, 1.54) is 23.6 Å². The Morgan fingerprint density at radius 2 is 2.14 bits per heavy atom. The van der Waals surface area contributed by atoms with Crippen molar-refractivity contribution < 1.29 is 19.6 Å². The lowest BCUT2D eigenvalue weighted by atomic mass is 9.92. The molecule has 3 N–H and O–H groups in total. The Labute approximate surface area is 163 Å². The zero-order valence-electron chi connectivity index (χ0n) is 15.7. The van der Waals surface area contributed by atoms with E-state index >= 15 is 0 Å². The zero-order valence-corrected chi connectivity index (χ0v) is 15.7. The summed E-state index contributed by atoms with van der Waals surface area (Å²) in [5.41, 5.74) is 2.97. The molecule has 1 aromatic heterocycles. The molecule has 10 heteroatoms. The molecule has 1 saturated carbocycles. The van der Waals surface area contributed by atoms with Crippen LogP contribution in [0.2, 0.25) is 0 Å². The first kappa shape index (κ1) is 20.2. The molecule has 1 aliphatic carbocycles. The number of anilines is 1. The molecule has 28 heavy (non-hydrogen) atoms. The number of nitrogens with zero attached hydrogens (tertiary/aromatic N) is 4. The van der Waals surface area contributed by atoms with Crippen LogP contribution < -0.4 is 10.7 Å². The van der Waals surface area contributed by atoms with Crippen molar-refractivity contribution in [3.8, 4) is 0 Å². The monoisotopic (exact) mass is 390 g/mol. The van der Waals surface area contributed by atoms with Gasteiger partial charge in [-0.25, -0.2) is 15.5 Å². The number of hydroxylamine groups is 2. The summed E-state index contributed by atoms with van der Waals surface area (Å²) in [6.07, 6.45) is 10.1. The van der Waals surface area contributed by atoms with E-state index in [1.54, 1.807) is 0 Å². The fourth-order valence-corrected chi connectivity index (χ4v) is 3.98. The maximum Gasteiger partial charge on any atom is 0.250 e. The molecule has 2 fully saturated rings. The molecular weight excluding hydrogens is 364 g/mol. The number of hydrazine groups is 1. The fraction of sp³-hybridized carbons (Fsp3) is 0.611. The summed E-state index contributed by atoms with van der Waals surface area (Å²) >= 11 is 0. The summed E-state index contributed by atoms with van der Waals surface area (Å²) in [6, 6.07) is -0.691. The number of carbonyl (C=O) groups is 3. The molecule has 0 bridgehead atoms. The number of carbonyl (C=O) groups excluding carboxylic acids is 3. The van der Waals surface area contributed by atoms with Crippen LogP contribution in [-0.2, 0) is 14.4 Å². The van der Waals surface area contributed by atoms with Crippen molar-refractivity contribution in [2.75, 3.05) is 18.4 Å². The van der Waals surface area contributed by atoms with Crippen molar-refractivity contribution in [1.82, 2.24) is 25.5 Å². The average Bonchev–Trinajstić information content (AvgIpc) is 3.39. The predicted molar refractivity (Wildman–Crippen MR) is 98.5 cm³/mol. The van der Waals surface area contributed by atoms with Crippen LogP contribution >= 0.6 is 0 Å². The molecule has 2 aliphatic rings. The van der Waals surface area contributed by atoms with Gasteiger partial charge in [-0.05, 0) is 18.8 Å². The number of nitrogens with one attached hydrogen (secondary N) is 2. The number of amides is 3. The summed E-state index contributed by atoms with van der Waals surface area (Å²) in [5.74, 6) is -0.504. The second kappa shape index (κ2) is 9.56. The van der Waals surface area contributed by atoms with Crippen LogP contribution in [0.15, 0.2) is 18.6 Å². The third kappa shape index (κ3) is 5.02. The van der Waals surface area contributed by atoms with Gasteiger partial charge in [0, 0.05) is 18.9 Å². The second-order valence-corrected chi connectivity index (χ2v) is 7.31. The third-order valence-electron chi connectivity index (χ3n) is 5.34. The molecule has 2 heterocycles. The van der Waals surface area contributed by atoms with Gasteiger partial charge < -0.3 is 5.32 Å². The van der Waals surface area contributed by atoms with Gasteiger partial charge in [0.2, 0.25) is 18.2 Å². The van der Waals surface area contributed by atoms with E-state index in [1.807, 2.05) is 0 Å². The van der Waals surface area contributed by atoms with Crippen LogP contribution in [0.5, 0.6) is 0 Å². The minimum atomic E-state index is -0.691. The largest absolute Gasteiger partial charge is 0.308 e. The van der Waals surface area contributed by atoms with E-state index in [2.05, 4.69) is 20.7 Å². The number of hydrogen-bond acceptors (Lipinski definition) is 7. The van der Waals surface area contributed by atoms with Gasteiger partial charge in [-0.2, -0.15) is 0 Å². The number of aromatic nitrogens is 2. The predicted octanol–water partition coefficient (Wildman–Crippen LogP) is 0.565. The molecule has 0 aromatic carbocycles. The minimum absolute atomic E-state index is 0.0878. The quantitative estimate of drug-likeness (QED) is 0.336. The number of hydrogen-bond donors (Lipinski definition) is 3. The molecule has 3 rings (SSSR count). The fourth-order valence-electron chi connectivity index (χ4n) is 3.98. The second-order valence-electron chi connectivity index (χ2n) is 7.31.